The lowest BCUT2D eigenvalue weighted by atomic mass is 10.0. The zero-order valence-corrected chi connectivity index (χ0v) is 49.8. The molecule has 0 heterocycles. The van der Waals surface area contributed by atoms with Crippen molar-refractivity contribution in [3.8, 4) is 0 Å². The van der Waals surface area contributed by atoms with Crippen LogP contribution >= 0.6 is 0 Å². The molecule has 434 valence electrons. The molecular formula is C69H122O6. The van der Waals surface area contributed by atoms with Crippen LogP contribution in [0.5, 0.6) is 0 Å². The smallest absolute Gasteiger partial charge is 0.306 e. The van der Waals surface area contributed by atoms with E-state index in [1.165, 1.54) is 186 Å². The van der Waals surface area contributed by atoms with Gasteiger partial charge in [-0.25, -0.2) is 0 Å². The second-order valence-electron chi connectivity index (χ2n) is 21.6. The number of esters is 3. The fourth-order valence-corrected chi connectivity index (χ4v) is 9.31. The molecule has 0 aliphatic heterocycles. The third kappa shape index (κ3) is 61.6. The van der Waals surface area contributed by atoms with Crippen molar-refractivity contribution in [1.29, 1.82) is 0 Å². The van der Waals surface area contributed by atoms with Gasteiger partial charge in [-0.15, -0.1) is 0 Å². The van der Waals surface area contributed by atoms with E-state index >= 15 is 0 Å². The third-order valence-corrected chi connectivity index (χ3v) is 14.2. The minimum atomic E-state index is -0.788. The van der Waals surface area contributed by atoms with Gasteiger partial charge in [0.05, 0.1) is 0 Å². The Morgan fingerprint density at radius 1 is 0.280 bits per heavy atom. The SMILES string of the molecule is CC/C=C\C/C=C\C/C=C\C/C=C\CCCCCCCCC(=O)OC(COC(=O)CCCCCCC/C=C\CCCCCCCC)COC(=O)CCCCCCCCCCCCC/C=C\CCCCCCCCCC. The summed E-state index contributed by atoms with van der Waals surface area (Å²) in [6.45, 7) is 6.54. The van der Waals surface area contributed by atoms with Gasteiger partial charge in [0.2, 0.25) is 0 Å². The standard InChI is InChI=1S/C69H122O6/c1-4-7-10-13-16-19-22-25-28-30-32-33-34-35-37-38-41-44-47-50-53-56-59-62-68(71)74-65-66(64-73-67(70)61-58-55-52-49-46-43-40-27-24-21-18-15-12-9-6-3)75-69(72)63-60-57-54-51-48-45-42-39-36-31-29-26-23-20-17-14-11-8-5-2/h8,11,17,20,26-27,29-30,32,36,39-40,66H,4-7,9-10,12-16,18-19,21-25,28,31,33-35,37-38,41-65H2,1-3H3/b11-8-,20-17-,29-26-,32-30-,39-36-,40-27-. The van der Waals surface area contributed by atoms with Crippen molar-refractivity contribution >= 4 is 17.9 Å². The van der Waals surface area contributed by atoms with Crippen molar-refractivity contribution in [3.05, 3.63) is 72.9 Å². The number of carbonyl (C=O) groups excluding carboxylic acids is 3. The molecule has 0 rings (SSSR count). The molecule has 6 nitrogen and oxygen atoms in total. The highest BCUT2D eigenvalue weighted by Gasteiger charge is 2.19. The average molecular weight is 1050 g/mol. The first kappa shape index (κ1) is 71.8. The monoisotopic (exact) mass is 1050 g/mol. The predicted molar refractivity (Wildman–Crippen MR) is 325 cm³/mol. The van der Waals surface area contributed by atoms with Crippen molar-refractivity contribution in [1.82, 2.24) is 0 Å². The third-order valence-electron chi connectivity index (χ3n) is 14.2. The number of hydrogen-bond donors (Lipinski definition) is 0. The number of rotatable bonds is 59. The Kier molecular flexibility index (Phi) is 60.7. The summed E-state index contributed by atoms with van der Waals surface area (Å²) < 4.78 is 16.9. The lowest BCUT2D eigenvalue weighted by molar-refractivity contribution is -0.167. The van der Waals surface area contributed by atoms with Gasteiger partial charge >= 0.3 is 17.9 Å². The van der Waals surface area contributed by atoms with Crippen LogP contribution in [-0.4, -0.2) is 37.2 Å². The quantitative estimate of drug-likeness (QED) is 0.0261. The number of ether oxygens (including phenoxy) is 3. The van der Waals surface area contributed by atoms with E-state index in [1.54, 1.807) is 0 Å². The molecule has 1 atom stereocenters. The molecule has 0 fully saturated rings. The summed E-state index contributed by atoms with van der Waals surface area (Å²) in [6.07, 6.45) is 81.9. The second-order valence-corrected chi connectivity index (χ2v) is 21.6. The first-order valence-electron chi connectivity index (χ1n) is 32.4. The summed E-state index contributed by atoms with van der Waals surface area (Å²) in [7, 11) is 0. The number of hydrogen-bond acceptors (Lipinski definition) is 6. The van der Waals surface area contributed by atoms with Crippen LogP contribution in [0.1, 0.15) is 329 Å². The van der Waals surface area contributed by atoms with Crippen molar-refractivity contribution in [2.24, 2.45) is 0 Å². The van der Waals surface area contributed by atoms with E-state index in [1.807, 2.05) is 0 Å². The minimum Gasteiger partial charge on any atom is -0.462 e. The molecule has 0 spiro atoms. The van der Waals surface area contributed by atoms with Crippen LogP contribution < -0.4 is 0 Å². The van der Waals surface area contributed by atoms with Crippen LogP contribution in [0.15, 0.2) is 72.9 Å². The van der Waals surface area contributed by atoms with Crippen LogP contribution in [0, 0.1) is 0 Å². The second kappa shape index (κ2) is 63.4. The predicted octanol–water partition coefficient (Wildman–Crippen LogP) is 22.1. The molecule has 0 aromatic carbocycles. The molecule has 0 bridgehead atoms. The van der Waals surface area contributed by atoms with E-state index in [-0.39, 0.29) is 31.1 Å². The maximum absolute atomic E-state index is 12.9. The molecule has 1 unspecified atom stereocenters. The summed E-state index contributed by atoms with van der Waals surface area (Å²) in [5.74, 6) is -0.891. The Balaban J connectivity index is 4.36. The van der Waals surface area contributed by atoms with Crippen LogP contribution in [0.4, 0.5) is 0 Å². The molecule has 0 aliphatic carbocycles. The molecule has 75 heavy (non-hydrogen) atoms. The number of unbranched alkanes of at least 4 members (excludes halogenated alkanes) is 36. The average Bonchev–Trinajstić information content (AvgIpc) is 3.41. The van der Waals surface area contributed by atoms with E-state index < -0.39 is 6.10 Å². The van der Waals surface area contributed by atoms with Crippen LogP contribution in [0.3, 0.4) is 0 Å². The minimum absolute atomic E-state index is 0.0827. The fourth-order valence-electron chi connectivity index (χ4n) is 9.31. The van der Waals surface area contributed by atoms with Gasteiger partial charge in [0, 0.05) is 19.3 Å². The maximum atomic E-state index is 12.9. The molecule has 0 saturated carbocycles. The number of allylic oxidation sites excluding steroid dienone is 12. The van der Waals surface area contributed by atoms with E-state index in [4.69, 9.17) is 14.2 Å². The van der Waals surface area contributed by atoms with E-state index in [0.29, 0.717) is 19.3 Å². The zero-order valence-electron chi connectivity index (χ0n) is 49.8. The molecule has 0 aromatic rings. The van der Waals surface area contributed by atoms with Crippen LogP contribution in [-0.2, 0) is 28.6 Å². The van der Waals surface area contributed by atoms with E-state index in [0.717, 1.165) is 103 Å². The molecule has 0 aliphatic rings. The number of carbonyl (C=O) groups is 3. The first-order valence-corrected chi connectivity index (χ1v) is 32.4. The summed E-state index contributed by atoms with van der Waals surface area (Å²) in [5, 5.41) is 0. The summed E-state index contributed by atoms with van der Waals surface area (Å²) in [6, 6.07) is 0. The lowest BCUT2D eigenvalue weighted by Gasteiger charge is -2.18. The van der Waals surface area contributed by atoms with Gasteiger partial charge in [-0.3, -0.25) is 14.4 Å². The summed E-state index contributed by atoms with van der Waals surface area (Å²) in [5.41, 5.74) is 0. The molecular weight excluding hydrogens is 925 g/mol. The normalized spacial score (nSPS) is 12.5. The highest BCUT2D eigenvalue weighted by molar-refractivity contribution is 5.71. The van der Waals surface area contributed by atoms with Crippen molar-refractivity contribution in [2.45, 2.75) is 335 Å². The van der Waals surface area contributed by atoms with Gasteiger partial charge in [0.1, 0.15) is 13.2 Å². The largest absolute Gasteiger partial charge is 0.462 e. The van der Waals surface area contributed by atoms with Gasteiger partial charge in [-0.2, -0.15) is 0 Å². The van der Waals surface area contributed by atoms with Crippen LogP contribution in [0.25, 0.3) is 0 Å². The Morgan fingerprint density at radius 3 is 0.827 bits per heavy atom. The maximum Gasteiger partial charge on any atom is 0.306 e. The van der Waals surface area contributed by atoms with E-state index in [2.05, 4.69) is 93.7 Å². The highest BCUT2D eigenvalue weighted by atomic mass is 16.6. The zero-order chi connectivity index (χ0) is 54.3. The molecule has 6 heteroatoms. The molecule has 0 aromatic heterocycles. The Hall–Kier alpha value is -3.15. The Labute approximate surface area is 465 Å². The lowest BCUT2D eigenvalue weighted by Crippen LogP contribution is -2.30. The van der Waals surface area contributed by atoms with Gasteiger partial charge in [0.15, 0.2) is 6.10 Å². The Bertz CT molecular complexity index is 1390. The molecule has 0 saturated heterocycles. The molecule has 0 N–H and O–H groups in total. The van der Waals surface area contributed by atoms with Gasteiger partial charge in [0.25, 0.3) is 0 Å². The van der Waals surface area contributed by atoms with Crippen molar-refractivity contribution in [3.63, 3.8) is 0 Å². The van der Waals surface area contributed by atoms with Crippen molar-refractivity contribution in [2.75, 3.05) is 13.2 Å². The molecule has 0 amide bonds. The fraction of sp³-hybridized carbons (Fsp3) is 0.783. The van der Waals surface area contributed by atoms with Crippen molar-refractivity contribution < 1.29 is 28.6 Å². The molecule has 0 radical (unpaired) electrons. The van der Waals surface area contributed by atoms with Gasteiger partial charge in [-0.1, -0.05) is 273 Å². The topological polar surface area (TPSA) is 78.9 Å². The van der Waals surface area contributed by atoms with E-state index in [9.17, 15) is 14.4 Å². The first-order chi connectivity index (χ1) is 37.0. The Morgan fingerprint density at radius 2 is 0.520 bits per heavy atom. The summed E-state index contributed by atoms with van der Waals surface area (Å²) in [4.78, 5) is 38.3. The van der Waals surface area contributed by atoms with Gasteiger partial charge < -0.3 is 14.2 Å². The highest BCUT2D eigenvalue weighted by Crippen LogP contribution is 2.16. The summed E-state index contributed by atoms with van der Waals surface area (Å²) >= 11 is 0. The van der Waals surface area contributed by atoms with Crippen LogP contribution in [0.2, 0.25) is 0 Å². The van der Waals surface area contributed by atoms with Gasteiger partial charge in [-0.05, 0) is 109 Å².